The number of amides is 1. The highest BCUT2D eigenvalue weighted by molar-refractivity contribution is 7.09. The largest absolute Gasteiger partial charge is 0.378 e. The van der Waals surface area contributed by atoms with Crippen LogP contribution in [0.2, 0.25) is 0 Å². The van der Waals surface area contributed by atoms with E-state index in [1.807, 2.05) is 26.2 Å². The van der Waals surface area contributed by atoms with Gasteiger partial charge >= 0.3 is 0 Å². The molecule has 106 valence electrons. The average Bonchev–Trinajstić information content (AvgIpc) is 2.88. The molecule has 3 N–H and O–H groups in total. The molecule has 0 saturated heterocycles. The van der Waals surface area contributed by atoms with Crippen molar-refractivity contribution in [2.45, 2.75) is 45.4 Å². The Morgan fingerprint density at radius 1 is 1.68 bits per heavy atom. The van der Waals surface area contributed by atoms with E-state index in [4.69, 9.17) is 10.5 Å². The summed E-state index contributed by atoms with van der Waals surface area (Å²) in [5.74, 6) is -0.122. The monoisotopic (exact) mass is 283 g/mol. The van der Waals surface area contributed by atoms with Crippen LogP contribution in [0.25, 0.3) is 0 Å². The third-order valence-electron chi connectivity index (χ3n) is 4.12. The molecule has 19 heavy (non-hydrogen) atoms. The summed E-state index contributed by atoms with van der Waals surface area (Å²) in [6, 6.07) is 0. The zero-order valence-corrected chi connectivity index (χ0v) is 12.4. The van der Waals surface area contributed by atoms with Gasteiger partial charge in [-0.15, -0.1) is 11.3 Å². The highest BCUT2D eigenvalue weighted by Crippen LogP contribution is 2.49. The lowest BCUT2D eigenvalue weighted by atomic mass is 9.54. The summed E-state index contributed by atoms with van der Waals surface area (Å²) in [6.07, 6.45) is 2.34. The van der Waals surface area contributed by atoms with Gasteiger partial charge in [0.05, 0.1) is 12.6 Å². The number of hydrogen-bond donors (Lipinski definition) is 2. The number of hydrogen-bond acceptors (Lipinski definition) is 5. The zero-order chi connectivity index (χ0) is 14.1. The summed E-state index contributed by atoms with van der Waals surface area (Å²) < 4.78 is 5.62. The Bertz CT molecular complexity index is 447. The van der Waals surface area contributed by atoms with Gasteiger partial charge in [-0.25, -0.2) is 4.98 Å². The average molecular weight is 283 g/mol. The van der Waals surface area contributed by atoms with E-state index in [1.54, 1.807) is 6.20 Å². The number of carbonyl (C=O) groups excluding carboxylic acids is 1. The van der Waals surface area contributed by atoms with Crippen molar-refractivity contribution in [3.05, 3.63) is 16.6 Å². The maximum Gasteiger partial charge on any atom is 0.241 e. The van der Waals surface area contributed by atoms with Gasteiger partial charge in [-0.1, -0.05) is 13.8 Å². The Labute approximate surface area is 117 Å². The third-order valence-corrected chi connectivity index (χ3v) is 4.90. The molecule has 1 amide bonds. The molecule has 1 fully saturated rings. The van der Waals surface area contributed by atoms with E-state index in [2.05, 4.69) is 10.3 Å². The second-order valence-corrected chi connectivity index (χ2v) is 6.43. The number of nitrogens with two attached hydrogens (primary N) is 1. The molecule has 5 nitrogen and oxygen atoms in total. The van der Waals surface area contributed by atoms with E-state index in [-0.39, 0.29) is 17.4 Å². The number of thiazole rings is 1. The van der Waals surface area contributed by atoms with E-state index in [0.29, 0.717) is 19.6 Å². The first kappa shape index (κ1) is 14.4. The second-order valence-electron chi connectivity index (χ2n) is 5.45. The first-order valence-corrected chi connectivity index (χ1v) is 7.37. The summed E-state index contributed by atoms with van der Waals surface area (Å²) in [5, 5.41) is 5.65. The van der Waals surface area contributed by atoms with Crippen LogP contribution in [0.15, 0.2) is 11.6 Å². The summed E-state index contributed by atoms with van der Waals surface area (Å²) in [6.45, 7) is 7.00. The number of nitrogens with one attached hydrogen (secondary N) is 1. The fourth-order valence-corrected chi connectivity index (χ4v) is 3.03. The molecule has 1 aliphatic carbocycles. The van der Waals surface area contributed by atoms with Gasteiger partial charge in [0, 0.05) is 30.0 Å². The van der Waals surface area contributed by atoms with Crippen LogP contribution in [-0.2, 0) is 16.1 Å². The Hall–Kier alpha value is -0.980. The maximum absolute atomic E-state index is 12.3. The van der Waals surface area contributed by atoms with Crippen molar-refractivity contribution in [3.63, 3.8) is 0 Å². The van der Waals surface area contributed by atoms with Crippen molar-refractivity contribution < 1.29 is 9.53 Å². The fourth-order valence-electron chi connectivity index (χ4n) is 2.47. The number of carbonyl (C=O) groups is 1. The summed E-state index contributed by atoms with van der Waals surface area (Å²) >= 11 is 1.52. The van der Waals surface area contributed by atoms with Crippen molar-refractivity contribution >= 4 is 17.2 Å². The van der Waals surface area contributed by atoms with Crippen molar-refractivity contribution in [2.75, 3.05) is 6.61 Å². The molecule has 1 aromatic rings. The van der Waals surface area contributed by atoms with Gasteiger partial charge in [0.2, 0.25) is 5.91 Å². The van der Waals surface area contributed by atoms with Gasteiger partial charge in [0.25, 0.3) is 0 Å². The minimum atomic E-state index is -0.857. The SMILES string of the molecule is CCOC1CC(N)(C(=O)NCc2nccs2)C1(C)C. The van der Waals surface area contributed by atoms with Gasteiger partial charge in [-0.05, 0) is 6.92 Å². The molecule has 6 heteroatoms. The van der Waals surface area contributed by atoms with E-state index >= 15 is 0 Å². The van der Waals surface area contributed by atoms with Crippen LogP contribution in [-0.4, -0.2) is 29.1 Å². The lowest BCUT2D eigenvalue weighted by Gasteiger charge is -2.57. The zero-order valence-electron chi connectivity index (χ0n) is 11.6. The van der Waals surface area contributed by atoms with Crippen LogP contribution < -0.4 is 11.1 Å². The molecular formula is C13H21N3O2S. The van der Waals surface area contributed by atoms with Crippen molar-refractivity contribution in [1.29, 1.82) is 0 Å². The standard InChI is InChI=1S/C13H21N3O2S/c1-4-18-9-7-13(14,12(9,2)3)11(17)16-8-10-15-5-6-19-10/h5-6,9H,4,7-8,14H2,1-3H3,(H,16,17). The van der Waals surface area contributed by atoms with E-state index in [0.717, 1.165) is 5.01 Å². The highest BCUT2D eigenvalue weighted by Gasteiger charge is 2.62. The van der Waals surface area contributed by atoms with Crippen LogP contribution in [0.4, 0.5) is 0 Å². The normalized spacial score (nSPS) is 28.7. The van der Waals surface area contributed by atoms with Crippen LogP contribution in [0.5, 0.6) is 0 Å². The lowest BCUT2D eigenvalue weighted by Crippen LogP contribution is -2.75. The number of rotatable bonds is 5. The van der Waals surface area contributed by atoms with Crippen LogP contribution in [0.3, 0.4) is 0 Å². The molecule has 2 rings (SSSR count). The number of aromatic nitrogens is 1. The van der Waals surface area contributed by atoms with Crippen LogP contribution >= 0.6 is 11.3 Å². The molecule has 1 aliphatic rings. The number of ether oxygens (including phenoxy) is 1. The molecule has 1 heterocycles. The summed E-state index contributed by atoms with van der Waals surface area (Å²) in [4.78, 5) is 16.4. The molecule has 2 unspecified atom stereocenters. The molecule has 0 bridgehead atoms. The molecule has 1 saturated carbocycles. The molecule has 1 aromatic heterocycles. The Balaban J connectivity index is 1.95. The topological polar surface area (TPSA) is 77.2 Å². The van der Waals surface area contributed by atoms with Gasteiger partial charge < -0.3 is 15.8 Å². The Morgan fingerprint density at radius 2 is 2.42 bits per heavy atom. The predicted molar refractivity (Wildman–Crippen MR) is 74.7 cm³/mol. The smallest absolute Gasteiger partial charge is 0.241 e. The van der Waals surface area contributed by atoms with Crippen molar-refractivity contribution in [3.8, 4) is 0 Å². The minimum Gasteiger partial charge on any atom is -0.378 e. The first-order valence-electron chi connectivity index (χ1n) is 6.49. The predicted octanol–water partition coefficient (Wildman–Crippen LogP) is 1.29. The van der Waals surface area contributed by atoms with Gasteiger partial charge in [0.1, 0.15) is 10.5 Å². The van der Waals surface area contributed by atoms with Crippen LogP contribution in [0, 0.1) is 5.41 Å². The van der Waals surface area contributed by atoms with Crippen molar-refractivity contribution in [1.82, 2.24) is 10.3 Å². The first-order chi connectivity index (χ1) is 8.91. The van der Waals surface area contributed by atoms with E-state index in [1.165, 1.54) is 11.3 Å². The molecule has 0 radical (unpaired) electrons. The highest BCUT2D eigenvalue weighted by atomic mass is 32.1. The third kappa shape index (κ3) is 2.40. The maximum atomic E-state index is 12.3. The Morgan fingerprint density at radius 3 is 2.95 bits per heavy atom. The second kappa shape index (κ2) is 5.19. The summed E-state index contributed by atoms with van der Waals surface area (Å²) in [7, 11) is 0. The van der Waals surface area contributed by atoms with Crippen LogP contribution in [0.1, 0.15) is 32.2 Å². The lowest BCUT2D eigenvalue weighted by molar-refractivity contribution is -0.170. The molecule has 0 aliphatic heterocycles. The summed E-state index contributed by atoms with van der Waals surface area (Å²) in [5.41, 5.74) is 5.07. The van der Waals surface area contributed by atoms with Crippen molar-refractivity contribution in [2.24, 2.45) is 11.1 Å². The molecule has 0 spiro atoms. The molecule has 0 aromatic carbocycles. The van der Waals surface area contributed by atoms with E-state index < -0.39 is 5.54 Å². The Kier molecular flexibility index (Phi) is 3.94. The molecular weight excluding hydrogens is 262 g/mol. The van der Waals surface area contributed by atoms with E-state index in [9.17, 15) is 4.79 Å². The van der Waals surface area contributed by atoms with Gasteiger partial charge in [0.15, 0.2) is 0 Å². The quantitative estimate of drug-likeness (QED) is 0.853. The molecule has 2 atom stereocenters. The van der Waals surface area contributed by atoms with Gasteiger partial charge in [-0.2, -0.15) is 0 Å². The fraction of sp³-hybridized carbons (Fsp3) is 0.692. The minimum absolute atomic E-state index is 0.0492. The van der Waals surface area contributed by atoms with Gasteiger partial charge in [-0.3, -0.25) is 4.79 Å². The number of nitrogens with zero attached hydrogens (tertiary/aromatic N) is 1.